The molecule has 0 fully saturated rings. The minimum Gasteiger partial charge on any atom is -0.493 e. The number of imidazole rings is 1. The maximum absolute atomic E-state index is 13.4. The summed E-state index contributed by atoms with van der Waals surface area (Å²) in [6.07, 6.45) is 3.68. The fourth-order valence-corrected chi connectivity index (χ4v) is 4.41. The topological polar surface area (TPSA) is 76.1 Å². The Bertz CT molecular complexity index is 1590. The molecule has 0 saturated heterocycles. The molecule has 0 unspecified atom stereocenters. The Balaban J connectivity index is 1.79. The largest absolute Gasteiger partial charge is 0.493 e. The summed E-state index contributed by atoms with van der Waals surface area (Å²) < 4.78 is 16.4. The molecule has 3 heterocycles. The molecule has 3 aromatic heterocycles. The van der Waals surface area contributed by atoms with Crippen LogP contribution in [-0.4, -0.2) is 37.6 Å². The molecule has 0 aliphatic rings. The molecule has 0 saturated carbocycles. The van der Waals surface area contributed by atoms with E-state index in [0.29, 0.717) is 18.1 Å². The molecule has 5 rings (SSSR count). The van der Waals surface area contributed by atoms with Crippen LogP contribution in [0, 0.1) is 6.92 Å². The number of aromatic nitrogens is 5. The molecule has 0 N–H and O–H groups in total. The van der Waals surface area contributed by atoms with E-state index in [4.69, 9.17) is 9.47 Å². The van der Waals surface area contributed by atoms with Crippen LogP contribution in [-0.2, 0) is 13.6 Å². The van der Waals surface area contributed by atoms with Gasteiger partial charge in [-0.2, -0.15) is 5.10 Å². The number of nitrogens with zero attached hydrogens (tertiary/aromatic N) is 5. The molecule has 0 bridgehead atoms. The maximum atomic E-state index is 13.4. The number of fused-ring (bicyclic) bond motifs is 3. The summed E-state index contributed by atoms with van der Waals surface area (Å²) in [7, 11) is 3.41. The van der Waals surface area contributed by atoms with Gasteiger partial charge in [0.2, 0.25) is 0 Å². The van der Waals surface area contributed by atoms with Gasteiger partial charge in [-0.05, 0) is 56.2 Å². The number of pyridine rings is 1. The molecular formula is C26H27N5O3. The van der Waals surface area contributed by atoms with Gasteiger partial charge in [0.25, 0.3) is 0 Å². The van der Waals surface area contributed by atoms with Gasteiger partial charge in [0.15, 0.2) is 11.5 Å². The van der Waals surface area contributed by atoms with Gasteiger partial charge in [0, 0.05) is 25.2 Å². The van der Waals surface area contributed by atoms with Crippen molar-refractivity contribution in [3.8, 4) is 28.3 Å². The maximum Gasteiger partial charge on any atom is 0.333 e. The SMILES string of the molecule is CCOc1cc(-c2ccc3ncc4c(c3c2)n(-c2cn(CC)nc2C)c(=O)n4C)ccc1OC. The van der Waals surface area contributed by atoms with Gasteiger partial charge in [-0.25, -0.2) is 4.79 Å². The smallest absolute Gasteiger partial charge is 0.333 e. The van der Waals surface area contributed by atoms with E-state index in [2.05, 4.69) is 16.1 Å². The Morgan fingerprint density at radius 2 is 1.79 bits per heavy atom. The van der Waals surface area contributed by atoms with Crippen LogP contribution in [0.15, 0.2) is 53.6 Å². The fraction of sp³-hybridized carbons (Fsp3) is 0.269. The van der Waals surface area contributed by atoms with Gasteiger partial charge < -0.3 is 9.47 Å². The Labute approximate surface area is 197 Å². The van der Waals surface area contributed by atoms with Crippen LogP contribution >= 0.6 is 0 Å². The number of aryl methyl sites for hydroxylation is 3. The third-order valence-electron chi connectivity index (χ3n) is 6.17. The molecule has 0 spiro atoms. The number of hydrogen-bond acceptors (Lipinski definition) is 5. The van der Waals surface area contributed by atoms with E-state index < -0.39 is 0 Å². The van der Waals surface area contributed by atoms with Gasteiger partial charge in [0.1, 0.15) is 0 Å². The van der Waals surface area contributed by atoms with Crippen molar-refractivity contribution in [2.45, 2.75) is 27.3 Å². The summed E-state index contributed by atoms with van der Waals surface area (Å²) in [5, 5.41) is 5.45. The highest BCUT2D eigenvalue weighted by Crippen LogP contribution is 2.35. The first kappa shape index (κ1) is 21.8. The first-order valence-electron chi connectivity index (χ1n) is 11.3. The third-order valence-corrected chi connectivity index (χ3v) is 6.17. The zero-order chi connectivity index (χ0) is 24.0. The van der Waals surface area contributed by atoms with Crippen molar-refractivity contribution in [1.82, 2.24) is 23.9 Å². The summed E-state index contributed by atoms with van der Waals surface area (Å²) in [5.41, 5.74) is 5.83. The molecule has 0 atom stereocenters. The van der Waals surface area contributed by atoms with Crippen molar-refractivity contribution in [3.05, 3.63) is 65.0 Å². The number of hydrogen-bond donors (Lipinski definition) is 0. The lowest BCUT2D eigenvalue weighted by molar-refractivity contribution is 0.311. The highest BCUT2D eigenvalue weighted by atomic mass is 16.5. The standard InChI is InChI=1S/C26H27N5O3/c1-6-30-15-22(16(3)28-30)31-25-19-12-17(18-9-11-23(33-5)24(13-18)34-7-2)8-10-20(19)27-14-21(25)29(4)26(31)32/h8-15H,6-7H2,1-5H3. The summed E-state index contributed by atoms with van der Waals surface area (Å²) >= 11 is 0. The van der Waals surface area contributed by atoms with E-state index in [-0.39, 0.29) is 5.69 Å². The Morgan fingerprint density at radius 1 is 1.03 bits per heavy atom. The fourth-order valence-electron chi connectivity index (χ4n) is 4.41. The van der Waals surface area contributed by atoms with Crippen LogP contribution in [0.4, 0.5) is 0 Å². The summed E-state index contributed by atoms with van der Waals surface area (Å²) in [5.74, 6) is 1.38. The third kappa shape index (κ3) is 3.34. The number of methoxy groups -OCH3 is 1. The molecule has 5 aromatic rings. The van der Waals surface area contributed by atoms with Crippen molar-refractivity contribution in [2.24, 2.45) is 7.05 Å². The number of rotatable bonds is 6. The second kappa shape index (κ2) is 8.37. The minimum absolute atomic E-state index is 0.128. The summed E-state index contributed by atoms with van der Waals surface area (Å²) in [4.78, 5) is 18.0. The van der Waals surface area contributed by atoms with Gasteiger partial charge in [-0.3, -0.25) is 18.8 Å². The minimum atomic E-state index is -0.128. The van der Waals surface area contributed by atoms with Gasteiger partial charge in [-0.1, -0.05) is 12.1 Å². The Morgan fingerprint density at radius 3 is 2.50 bits per heavy atom. The summed E-state index contributed by atoms with van der Waals surface area (Å²) in [6.45, 7) is 7.17. The number of ether oxygens (including phenoxy) is 2. The molecular weight excluding hydrogens is 430 g/mol. The van der Waals surface area contributed by atoms with Crippen molar-refractivity contribution in [3.63, 3.8) is 0 Å². The predicted octanol–water partition coefficient (Wildman–Crippen LogP) is 4.48. The van der Waals surface area contributed by atoms with E-state index in [0.717, 1.165) is 51.0 Å². The lowest BCUT2D eigenvalue weighted by Crippen LogP contribution is -2.21. The lowest BCUT2D eigenvalue weighted by Gasteiger charge is -2.12. The molecule has 8 heteroatoms. The van der Waals surface area contributed by atoms with Crippen molar-refractivity contribution in [1.29, 1.82) is 0 Å². The molecule has 0 radical (unpaired) electrons. The van der Waals surface area contributed by atoms with Crippen molar-refractivity contribution in [2.75, 3.05) is 13.7 Å². The molecule has 174 valence electrons. The molecule has 0 amide bonds. The number of benzene rings is 2. The highest BCUT2D eigenvalue weighted by molar-refractivity contribution is 6.04. The van der Waals surface area contributed by atoms with Crippen molar-refractivity contribution >= 4 is 21.9 Å². The van der Waals surface area contributed by atoms with Crippen LogP contribution in [0.25, 0.3) is 38.8 Å². The van der Waals surface area contributed by atoms with Gasteiger partial charge in [-0.15, -0.1) is 0 Å². The van der Waals surface area contributed by atoms with Crippen LogP contribution in [0.5, 0.6) is 11.5 Å². The van der Waals surface area contributed by atoms with Crippen molar-refractivity contribution < 1.29 is 9.47 Å². The quantitative estimate of drug-likeness (QED) is 0.376. The monoisotopic (exact) mass is 457 g/mol. The zero-order valence-corrected chi connectivity index (χ0v) is 20.0. The zero-order valence-electron chi connectivity index (χ0n) is 20.0. The predicted molar refractivity (Wildman–Crippen MR) is 133 cm³/mol. The average Bonchev–Trinajstić information content (AvgIpc) is 3.35. The molecule has 0 aliphatic carbocycles. The van der Waals surface area contributed by atoms with Crippen LogP contribution in [0.3, 0.4) is 0 Å². The first-order chi connectivity index (χ1) is 16.5. The van der Waals surface area contributed by atoms with E-state index in [1.54, 1.807) is 29.5 Å². The second-order valence-electron chi connectivity index (χ2n) is 8.16. The Hall–Kier alpha value is -4.07. The molecule has 8 nitrogen and oxygen atoms in total. The first-order valence-corrected chi connectivity index (χ1v) is 11.3. The molecule has 34 heavy (non-hydrogen) atoms. The van der Waals surface area contributed by atoms with E-state index in [9.17, 15) is 4.79 Å². The Kier molecular flexibility index (Phi) is 5.36. The van der Waals surface area contributed by atoms with Crippen LogP contribution < -0.4 is 15.2 Å². The highest BCUT2D eigenvalue weighted by Gasteiger charge is 2.19. The van der Waals surface area contributed by atoms with Gasteiger partial charge in [0.05, 0.1) is 47.8 Å². The van der Waals surface area contributed by atoms with E-state index >= 15 is 0 Å². The normalized spacial score (nSPS) is 11.4. The van der Waals surface area contributed by atoms with Gasteiger partial charge >= 0.3 is 5.69 Å². The van der Waals surface area contributed by atoms with Crippen LogP contribution in [0.2, 0.25) is 0 Å². The average molecular weight is 458 g/mol. The van der Waals surface area contributed by atoms with E-state index in [1.807, 2.05) is 62.0 Å². The molecule has 2 aromatic carbocycles. The summed E-state index contributed by atoms with van der Waals surface area (Å²) in [6, 6.07) is 12.0. The van der Waals surface area contributed by atoms with Crippen LogP contribution in [0.1, 0.15) is 19.5 Å². The molecule has 0 aliphatic heterocycles. The second-order valence-corrected chi connectivity index (χ2v) is 8.16. The lowest BCUT2D eigenvalue weighted by atomic mass is 10.0. The van der Waals surface area contributed by atoms with E-state index in [1.165, 1.54) is 0 Å².